The highest BCUT2D eigenvalue weighted by atomic mass is 16.3. The molecule has 3 aromatic heterocycles. The zero-order chi connectivity index (χ0) is 34.2. The van der Waals surface area contributed by atoms with E-state index in [1.807, 2.05) is 12.1 Å². The van der Waals surface area contributed by atoms with Gasteiger partial charge < -0.3 is 18.3 Å². The first-order valence-corrected chi connectivity index (χ1v) is 17.6. The van der Waals surface area contributed by atoms with Gasteiger partial charge in [0.05, 0.1) is 16.4 Å². The van der Waals surface area contributed by atoms with Crippen LogP contribution in [0.15, 0.2) is 191 Å². The molecule has 0 saturated heterocycles. The first kappa shape index (κ1) is 28.8. The van der Waals surface area contributed by atoms with Crippen LogP contribution in [0.4, 0.5) is 17.1 Å². The minimum Gasteiger partial charge on any atom is -0.456 e. The van der Waals surface area contributed by atoms with E-state index in [0.29, 0.717) is 0 Å². The fourth-order valence-electron chi connectivity index (χ4n) is 8.00. The molecule has 0 radical (unpaired) electrons. The molecule has 0 atom stereocenters. The van der Waals surface area contributed by atoms with Crippen LogP contribution in [0.1, 0.15) is 0 Å². The van der Waals surface area contributed by atoms with Crippen molar-refractivity contribution in [3.05, 3.63) is 182 Å². The predicted molar refractivity (Wildman–Crippen MR) is 215 cm³/mol. The molecule has 0 N–H and O–H groups in total. The van der Waals surface area contributed by atoms with Gasteiger partial charge in [0.2, 0.25) is 0 Å². The Morgan fingerprint density at radius 1 is 0.365 bits per heavy atom. The molecule has 4 nitrogen and oxygen atoms in total. The van der Waals surface area contributed by atoms with Crippen molar-refractivity contribution in [3.8, 4) is 16.8 Å². The highest BCUT2D eigenvalue weighted by Gasteiger charge is 2.21. The number of aromatic nitrogens is 1. The third-order valence-corrected chi connectivity index (χ3v) is 10.4. The minimum atomic E-state index is 0.860. The highest BCUT2D eigenvalue weighted by molar-refractivity contribution is 6.24. The summed E-state index contributed by atoms with van der Waals surface area (Å²) < 4.78 is 15.3. The van der Waals surface area contributed by atoms with Crippen LogP contribution in [0.25, 0.3) is 82.5 Å². The van der Waals surface area contributed by atoms with Gasteiger partial charge in [0.1, 0.15) is 22.3 Å². The largest absolute Gasteiger partial charge is 0.456 e. The Hall–Kier alpha value is -7.04. The van der Waals surface area contributed by atoms with Gasteiger partial charge in [0, 0.05) is 49.7 Å². The fourth-order valence-corrected chi connectivity index (χ4v) is 8.00. The number of rotatable bonds is 5. The van der Waals surface area contributed by atoms with Crippen LogP contribution in [0.3, 0.4) is 0 Å². The van der Waals surface area contributed by atoms with Crippen molar-refractivity contribution in [1.82, 2.24) is 4.57 Å². The van der Waals surface area contributed by atoms with Crippen molar-refractivity contribution >= 4 is 82.7 Å². The van der Waals surface area contributed by atoms with Crippen molar-refractivity contribution < 1.29 is 8.83 Å². The summed E-state index contributed by atoms with van der Waals surface area (Å²) in [4.78, 5) is 2.33. The number of benzene rings is 8. The Morgan fingerprint density at radius 2 is 0.942 bits per heavy atom. The number of nitrogens with zero attached hydrogens (tertiary/aromatic N) is 2. The predicted octanol–water partition coefficient (Wildman–Crippen LogP) is 13.7. The van der Waals surface area contributed by atoms with E-state index in [0.717, 1.165) is 83.0 Å². The second-order valence-electron chi connectivity index (χ2n) is 13.3. The second-order valence-corrected chi connectivity index (χ2v) is 13.3. The summed E-state index contributed by atoms with van der Waals surface area (Å²) in [7, 11) is 0. The van der Waals surface area contributed by atoms with Gasteiger partial charge >= 0.3 is 0 Å². The Labute approximate surface area is 299 Å². The summed E-state index contributed by atoms with van der Waals surface area (Å²) in [6, 6.07) is 64.2. The molecule has 52 heavy (non-hydrogen) atoms. The fraction of sp³-hybridized carbons (Fsp3) is 0. The molecule has 11 aromatic rings. The molecule has 244 valence electrons. The molecule has 0 fully saturated rings. The van der Waals surface area contributed by atoms with E-state index in [1.165, 1.54) is 16.5 Å². The van der Waals surface area contributed by atoms with Crippen LogP contribution < -0.4 is 4.90 Å². The lowest BCUT2D eigenvalue weighted by atomic mass is 10.0. The molecular formula is C48H30N2O2. The van der Waals surface area contributed by atoms with Crippen molar-refractivity contribution in [2.24, 2.45) is 0 Å². The van der Waals surface area contributed by atoms with E-state index in [-0.39, 0.29) is 0 Å². The summed E-state index contributed by atoms with van der Waals surface area (Å²) >= 11 is 0. The number of fused-ring (bicyclic) bond motifs is 10. The topological polar surface area (TPSA) is 34.5 Å². The Balaban J connectivity index is 1.13. The number of hydrogen-bond acceptors (Lipinski definition) is 3. The summed E-state index contributed by atoms with van der Waals surface area (Å²) in [6.45, 7) is 0. The van der Waals surface area contributed by atoms with E-state index >= 15 is 0 Å². The van der Waals surface area contributed by atoms with Crippen molar-refractivity contribution in [3.63, 3.8) is 0 Å². The maximum Gasteiger partial charge on any atom is 0.145 e. The Bertz CT molecular complexity index is 3110. The number of furan rings is 2. The number of anilines is 3. The van der Waals surface area contributed by atoms with Crippen molar-refractivity contribution in [2.45, 2.75) is 0 Å². The molecule has 0 amide bonds. The standard InChI is InChI=1S/C48H30N2O2/c1-3-11-31(12-4-1)32-19-21-34(22-20-32)49(35-23-27-45-40(29-35)37-15-8-10-18-44(37)51-45)36-24-28-46-41(30-36)38-25-26-43-47(48(38)52-46)39-16-7-9-17-42(39)50(43)33-13-5-2-6-14-33/h1-30H. The number of para-hydroxylation sites is 3. The third-order valence-electron chi connectivity index (χ3n) is 10.4. The summed E-state index contributed by atoms with van der Waals surface area (Å²) in [5.74, 6) is 0. The Morgan fingerprint density at radius 3 is 1.71 bits per heavy atom. The third kappa shape index (κ3) is 4.34. The molecule has 3 heterocycles. The molecule has 4 heteroatoms. The maximum atomic E-state index is 6.79. The van der Waals surface area contributed by atoms with Crippen LogP contribution in [0, 0.1) is 0 Å². The average Bonchev–Trinajstić information content (AvgIpc) is 3.88. The van der Waals surface area contributed by atoms with Crippen molar-refractivity contribution in [1.29, 1.82) is 0 Å². The molecule has 0 spiro atoms. The van der Waals surface area contributed by atoms with Crippen LogP contribution >= 0.6 is 0 Å². The lowest BCUT2D eigenvalue weighted by Crippen LogP contribution is -2.09. The quantitative estimate of drug-likeness (QED) is 0.183. The first-order chi connectivity index (χ1) is 25.8. The molecule has 0 aliphatic heterocycles. The normalized spacial score (nSPS) is 11.8. The Kier molecular flexibility index (Phi) is 6.22. The van der Waals surface area contributed by atoms with Gasteiger partial charge in [-0.25, -0.2) is 0 Å². The zero-order valence-electron chi connectivity index (χ0n) is 28.0. The van der Waals surface area contributed by atoms with Crippen LogP contribution in [-0.4, -0.2) is 4.57 Å². The monoisotopic (exact) mass is 666 g/mol. The van der Waals surface area contributed by atoms with Gasteiger partial charge in [0.15, 0.2) is 0 Å². The van der Waals surface area contributed by atoms with Gasteiger partial charge in [-0.15, -0.1) is 0 Å². The van der Waals surface area contributed by atoms with Crippen LogP contribution in [0.5, 0.6) is 0 Å². The van der Waals surface area contributed by atoms with Gasteiger partial charge in [-0.1, -0.05) is 97.1 Å². The molecule has 0 aliphatic rings. The van der Waals surface area contributed by atoms with E-state index in [4.69, 9.17) is 8.83 Å². The summed E-state index contributed by atoms with van der Waals surface area (Å²) in [6.07, 6.45) is 0. The lowest BCUT2D eigenvalue weighted by molar-refractivity contribution is 0.669. The average molecular weight is 667 g/mol. The molecule has 0 saturated carbocycles. The summed E-state index contributed by atoms with van der Waals surface area (Å²) in [5, 5.41) is 6.66. The molecule has 0 unspecified atom stereocenters. The molecular weight excluding hydrogens is 637 g/mol. The molecule has 11 rings (SSSR count). The van der Waals surface area contributed by atoms with Gasteiger partial charge in [-0.2, -0.15) is 0 Å². The van der Waals surface area contributed by atoms with Gasteiger partial charge in [-0.3, -0.25) is 0 Å². The number of hydrogen-bond donors (Lipinski definition) is 0. The van der Waals surface area contributed by atoms with E-state index < -0.39 is 0 Å². The van der Waals surface area contributed by atoms with E-state index in [1.54, 1.807) is 0 Å². The van der Waals surface area contributed by atoms with Gasteiger partial charge in [-0.05, 0) is 96.1 Å². The smallest absolute Gasteiger partial charge is 0.145 e. The first-order valence-electron chi connectivity index (χ1n) is 17.6. The van der Waals surface area contributed by atoms with E-state index in [9.17, 15) is 0 Å². The SMILES string of the molecule is c1ccc(-c2ccc(N(c3ccc4oc5ccccc5c4c3)c3ccc4oc5c(ccc6c5c5ccccc5n6-c5ccccc5)c4c3)cc2)cc1. The zero-order valence-corrected chi connectivity index (χ0v) is 28.0. The molecule has 0 aliphatic carbocycles. The minimum absolute atomic E-state index is 0.860. The van der Waals surface area contributed by atoms with Crippen LogP contribution in [-0.2, 0) is 0 Å². The maximum absolute atomic E-state index is 6.79. The highest BCUT2D eigenvalue weighted by Crippen LogP contribution is 2.44. The van der Waals surface area contributed by atoms with Crippen molar-refractivity contribution in [2.75, 3.05) is 4.90 Å². The van der Waals surface area contributed by atoms with E-state index in [2.05, 4.69) is 179 Å². The lowest BCUT2D eigenvalue weighted by Gasteiger charge is -2.26. The second kappa shape index (κ2) is 11.2. The summed E-state index contributed by atoms with van der Waals surface area (Å²) in [5.41, 5.74) is 12.5. The molecule has 8 aromatic carbocycles. The van der Waals surface area contributed by atoms with Crippen LogP contribution in [0.2, 0.25) is 0 Å². The van der Waals surface area contributed by atoms with Gasteiger partial charge in [0.25, 0.3) is 0 Å². The molecule has 0 bridgehead atoms.